The molecule has 0 radical (unpaired) electrons. The van der Waals surface area contributed by atoms with E-state index in [1.54, 1.807) is 0 Å². The summed E-state index contributed by atoms with van der Waals surface area (Å²) in [5.41, 5.74) is 0.205. The number of benzene rings is 1. The van der Waals surface area contributed by atoms with Gasteiger partial charge in [0.1, 0.15) is 5.60 Å². The Morgan fingerprint density at radius 1 is 1.06 bits per heavy atom. The first kappa shape index (κ1) is 14.5. The largest absolute Gasteiger partial charge is 0.508 e. The van der Waals surface area contributed by atoms with Crippen LogP contribution in [-0.2, 0) is 20.1 Å². The van der Waals surface area contributed by atoms with Gasteiger partial charge >= 0.3 is 6.16 Å². The van der Waals surface area contributed by atoms with Crippen molar-refractivity contribution in [1.29, 1.82) is 0 Å². The molecule has 1 N–H and O–H groups in total. The minimum atomic E-state index is -1.42. The Balaban J connectivity index is 2.65. The lowest BCUT2D eigenvalue weighted by Gasteiger charge is -2.29. The highest BCUT2D eigenvalue weighted by atomic mass is 17.2. The second-order valence-electron chi connectivity index (χ2n) is 4.81. The Morgan fingerprint density at radius 2 is 1.61 bits per heavy atom. The summed E-state index contributed by atoms with van der Waals surface area (Å²) < 4.78 is 4.54. The molecule has 0 saturated heterocycles. The van der Waals surface area contributed by atoms with Gasteiger partial charge in [0.15, 0.2) is 0 Å². The van der Waals surface area contributed by atoms with E-state index < -0.39 is 17.5 Å². The molecule has 0 unspecified atom stereocenters. The summed E-state index contributed by atoms with van der Waals surface area (Å²) in [6, 6.07) is 9.47. The van der Waals surface area contributed by atoms with Crippen LogP contribution in [0.5, 0.6) is 0 Å². The quantitative estimate of drug-likeness (QED) is 0.378. The van der Waals surface area contributed by atoms with Gasteiger partial charge in [-0.25, -0.2) is 9.68 Å². The van der Waals surface area contributed by atoms with Crippen molar-refractivity contribution in [3.05, 3.63) is 35.9 Å². The van der Waals surface area contributed by atoms with Gasteiger partial charge in [-0.15, -0.1) is 0 Å². The Labute approximate surface area is 106 Å². The lowest BCUT2D eigenvalue weighted by molar-refractivity contribution is -0.447. The number of rotatable bonds is 5. The monoisotopic (exact) mass is 254 g/mol. The highest BCUT2D eigenvalue weighted by Crippen LogP contribution is 2.27. The Kier molecular flexibility index (Phi) is 4.32. The molecule has 0 aliphatic heterocycles. The minimum Gasteiger partial charge on any atom is -0.450 e. The number of hydrogen-bond acceptors (Lipinski definition) is 4. The van der Waals surface area contributed by atoms with Crippen LogP contribution in [0, 0.1) is 0 Å². The molecule has 1 aromatic rings. The third kappa shape index (κ3) is 4.35. The molecule has 0 bridgehead atoms. The molecule has 0 spiro atoms. The zero-order valence-corrected chi connectivity index (χ0v) is 11.0. The summed E-state index contributed by atoms with van der Waals surface area (Å²) in [6.45, 7) is 6.56. The van der Waals surface area contributed by atoms with Gasteiger partial charge < -0.3 is 9.84 Å². The van der Waals surface area contributed by atoms with Gasteiger partial charge in [0.2, 0.25) is 5.79 Å². The Bertz CT molecular complexity index is 397. The molecule has 0 saturated carbocycles. The first-order valence-electron chi connectivity index (χ1n) is 5.57. The summed E-state index contributed by atoms with van der Waals surface area (Å²) in [5.74, 6) is -1.36. The standard InChI is InChI=1S/C13H18O5/c1-12(2,10-8-6-5-7-9-10)17-18-13(3,4)16-11(14)15/h5-9H,1-4H3,(H,14,15). The molecule has 0 atom stereocenters. The van der Waals surface area contributed by atoms with Gasteiger partial charge in [0, 0.05) is 13.8 Å². The van der Waals surface area contributed by atoms with Crippen LogP contribution >= 0.6 is 0 Å². The molecule has 18 heavy (non-hydrogen) atoms. The molecular formula is C13H18O5. The van der Waals surface area contributed by atoms with Gasteiger partial charge in [-0.3, -0.25) is 0 Å². The maximum Gasteiger partial charge on any atom is 0.508 e. The second-order valence-corrected chi connectivity index (χ2v) is 4.81. The normalized spacial score (nSPS) is 12.2. The Hall–Kier alpha value is -1.59. The van der Waals surface area contributed by atoms with Crippen molar-refractivity contribution in [3.63, 3.8) is 0 Å². The average Bonchev–Trinajstić information content (AvgIpc) is 2.26. The summed E-state index contributed by atoms with van der Waals surface area (Å²) in [4.78, 5) is 20.8. The Morgan fingerprint density at radius 3 is 2.11 bits per heavy atom. The minimum absolute atomic E-state index is 0.708. The molecule has 0 heterocycles. The van der Waals surface area contributed by atoms with E-state index in [0.29, 0.717) is 0 Å². The van der Waals surface area contributed by atoms with Gasteiger partial charge in [-0.1, -0.05) is 30.3 Å². The highest BCUT2D eigenvalue weighted by Gasteiger charge is 2.30. The number of carbonyl (C=O) groups is 1. The smallest absolute Gasteiger partial charge is 0.450 e. The van der Waals surface area contributed by atoms with Crippen LogP contribution in [-0.4, -0.2) is 17.0 Å². The molecular weight excluding hydrogens is 236 g/mol. The molecule has 5 nitrogen and oxygen atoms in total. The second kappa shape index (κ2) is 5.37. The fourth-order valence-electron chi connectivity index (χ4n) is 1.32. The number of ether oxygens (including phenoxy) is 1. The van der Waals surface area contributed by atoms with Crippen LogP contribution in [0.25, 0.3) is 0 Å². The van der Waals surface area contributed by atoms with Crippen LogP contribution in [0.3, 0.4) is 0 Å². The number of hydrogen-bond donors (Lipinski definition) is 1. The van der Waals surface area contributed by atoms with Crippen LogP contribution in [0.4, 0.5) is 4.79 Å². The summed E-state index contributed by atoms with van der Waals surface area (Å²) in [5, 5.41) is 8.54. The molecule has 0 aliphatic carbocycles. The van der Waals surface area contributed by atoms with E-state index in [9.17, 15) is 4.79 Å². The predicted molar refractivity (Wildman–Crippen MR) is 64.8 cm³/mol. The zero-order chi connectivity index (χ0) is 13.8. The topological polar surface area (TPSA) is 65.0 Å². The lowest BCUT2D eigenvalue weighted by atomic mass is 9.99. The summed E-state index contributed by atoms with van der Waals surface area (Å²) in [7, 11) is 0. The fraction of sp³-hybridized carbons (Fsp3) is 0.462. The SMILES string of the molecule is CC(C)(OOC(C)(C)c1ccccc1)OC(=O)O. The molecule has 0 aromatic heterocycles. The van der Waals surface area contributed by atoms with Crippen molar-refractivity contribution in [2.24, 2.45) is 0 Å². The van der Waals surface area contributed by atoms with E-state index in [-0.39, 0.29) is 0 Å². The van der Waals surface area contributed by atoms with Crippen molar-refractivity contribution < 1.29 is 24.4 Å². The predicted octanol–water partition coefficient (Wildman–Crippen LogP) is 3.30. The molecule has 1 rings (SSSR count). The first-order valence-corrected chi connectivity index (χ1v) is 5.57. The molecule has 0 aliphatic rings. The van der Waals surface area contributed by atoms with Gasteiger partial charge in [-0.05, 0) is 19.4 Å². The third-order valence-corrected chi connectivity index (χ3v) is 2.25. The van der Waals surface area contributed by atoms with Crippen molar-refractivity contribution in [2.45, 2.75) is 39.1 Å². The van der Waals surface area contributed by atoms with E-state index in [1.807, 2.05) is 44.2 Å². The van der Waals surface area contributed by atoms with E-state index in [2.05, 4.69) is 4.74 Å². The lowest BCUT2D eigenvalue weighted by Crippen LogP contribution is -2.34. The highest BCUT2D eigenvalue weighted by molar-refractivity contribution is 5.57. The first-order chi connectivity index (χ1) is 8.23. The fourth-order valence-corrected chi connectivity index (χ4v) is 1.32. The van der Waals surface area contributed by atoms with Crippen LogP contribution in [0.15, 0.2) is 30.3 Å². The van der Waals surface area contributed by atoms with Crippen molar-refractivity contribution in [1.82, 2.24) is 0 Å². The van der Waals surface area contributed by atoms with Crippen molar-refractivity contribution in [2.75, 3.05) is 0 Å². The maximum absolute atomic E-state index is 10.5. The maximum atomic E-state index is 10.5. The zero-order valence-electron chi connectivity index (χ0n) is 11.0. The molecule has 0 amide bonds. The van der Waals surface area contributed by atoms with E-state index in [1.165, 1.54) is 13.8 Å². The molecule has 0 fully saturated rings. The van der Waals surface area contributed by atoms with Crippen molar-refractivity contribution >= 4 is 6.16 Å². The number of carboxylic acid groups (broad SMARTS) is 1. The van der Waals surface area contributed by atoms with E-state index >= 15 is 0 Å². The summed E-state index contributed by atoms with van der Waals surface area (Å²) in [6.07, 6.45) is -1.42. The van der Waals surface area contributed by atoms with E-state index in [0.717, 1.165) is 5.56 Å². The third-order valence-electron chi connectivity index (χ3n) is 2.25. The molecule has 100 valence electrons. The average molecular weight is 254 g/mol. The molecule has 5 heteroatoms. The van der Waals surface area contributed by atoms with Gasteiger partial charge in [0.25, 0.3) is 0 Å². The van der Waals surface area contributed by atoms with Crippen LogP contribution in [0.1, 0.15) is 33.3 Å². The summed E-state index contributed by atoms with van der Waals surface area (Å²) >= 11 is 0. The van der Waals surface area contributed by atoms with Crippen LogP contribution in [0.2, 0.25) is 0 Å². The van der Waals surface area contributed by atoms with Gasteiger partial charge in [-0.2, -0.15) is 4.89 Å². The van der Waals surface area contributed by atoms with Gasteiger partial charge in [0.05, 0.1) is 0 Å². The van der Waals surface area contributed by atoms with Crippen molar-refractivity contribution in [3.8, 4) is 0 Å². The van der Waals surface area contributed by atoms with E-state index in [4.69, 9.17) is 14.9 Å². The molecule has 1 aromatic carbocycles. The van der Waals surface area contributed by atoms with Crippen LogP contribution < -0.4 is 0 Å².